The number of benzene rings is 1. The Balaban J connectivity index is 1.43. The summed E-state index contributed by atoms with van der Waals surface area (Å²) in [5.41, 5.74) is 5.37. The number of fused-ring (bicyclic) bond motifs is 1. The molecule has 5 nitrogen and oxygen atoms in total. The molecule has 0 radical (unpaired) electrons. The van der Waals surface area contributed by atoms with E-state index in [4.69, 9.17) is 9.73 Å². The Morgan fingerprint density at radius 1 is 1.19 bits per heavy atom. The molecule has 1 aliphatic carbocycles. The van der Waals surface area contributed by atoms with Gasteiger partial charge in [0.2, 0.25) is 5.91 Å². The number of hydrogen-bond donors (Lipinski definition) is 0. The average molecular weight is 494 g/mol. The predicted molar refractivity (Wildman–Crippen MR) is 149 cm³/mol. The lowest BCUT2D eigenvalue weighted by Gasteiger charge is -2.28. The second-order valence-electron chi connectivity index (χ2n) is 11.3. The second-order valence-corrected chi connectivity index (χ2v) is 11.3. The number of ether oxygens (including phenoxy) is 1. The topological polar surface area (TPSA) is 45.1 Å². The molecule has 1 aromatic rings. The van der Waals surface area contributed by atoms with Crippen LogP contribution in [0.25, 0.3) is 0 Å². The summed E-state index contributed by atoms with van der Waals surface area (Å²) in [6.07, 6.45) is 12.1. The van der Waals surface area contributed by atoms with Crippen molar-refractivity contribution >= 4 is 11.6 Å². The molecule has 2 fully saturated rings. The van der Waals surface area contributed by atoms with E-state index in [1.165, 1.54) is 35.3 Å². The van der Waals surface area contributed by atoms with Crippen molar-refractivity contribution < 1.29 is 9.53 Å². The summed E-state index contributed by atoms with van der Waals surface area (Å²) < 4.78 is 5.74. The fourth-order valence-electron chi connectivity index (χ4n) is 5.73. The van der Waals surface area contributed by atoms with Crippen molar-refractivity contribution in [3.05, 3.63) is 41.1 Å². The van der Waals surface area contributed by atoms with Gasteiger partial charge < -0.3 is 9.64 Å². The Labute approximate surface area is 219 Å². The molecule has 2 heterocycles. The number of hydrogen-bond acceptors (Lipinski definition) is 4. The van der Waals surface area contributed by atoms with Gasteiger partial charge in [0.25, 0.3) is 0 Å². The van der Waals surface area contributed by atoms with Crippen LogP contribution in [0, 0.1) is 5.92 Å². The minimum absolute atomic E-state index is 0.298. The molecule has 198 valence electrons. The van der Waals surface area contributed by atoms with E-state index in [1.807, 2.05) is 0 Å². The maximum atomic E-state index is 13.4. The number of nitrogens with zero attached hydrogens (tertiary/aromatic N) is 3. The van der Waals surface area contributed by atoms with E-state index in [2.05, 4.69) is 61.9 Å². The van der Waals surface area contributed by atoms with Crippen molar-refractivity contribution in [1.82, 2.24) is 9.80 Å². The van der Waals surface area contributed by atoms with E-state index in [0.717, 1.165) is 82.9 Å². The normalized spacial score (nSPS) is 22.6. The summed E-state index contributed by atoms with van der Waals surface area (Å²) in [5, 5.41) is 0. The van der Waals surface area contributed by atoms with Gasteiger partial charge in [-0.2, -0.15) is 0 Å². The number of unbranched alkanes of at least 4 members (excludes halogenated alkanes) is 1. The summed E-state index contributed by atoms with van der Waals surface area (Å²) in [6.45, 7) is 12.8. The van der Waals surface area contributed by atoms with Crippen LogP contribution in [0.2, 0.25) is 0 Å². The molecule has 4 rings (SSSR count). The first kappa shape index (κ1) is 26.9. The van der Waals surface area contributed by atoms with Gasteiger partial charge in [-0.1, -0.05) is 38.0 Å². The van der Waals surface area contributed by atoms with Gasteiger partial charge >= 0.3 is 0 Å². The zero-order chi connectivity index (χ0) is 25.5. The molecule has 0 N–H and O–H groups in total. The Kier molecular flexibility index (Phi) is 9.64. The lowest BCUT2D eigenvalue weighted by molar-refractivity contribution is -0.132. The molecule has 1 amide bonds. The van der Waals surface area contributed by atoms with E-state index in [9.17, 15) is 4.79 Å². The molecule has 0 bridgehead atoms. The molecule has 3 aliphatic rings. The average Bonchev–Trinajstić information content (AvgIpc) is 3.50. The zero-order valence-electron chi connectivity index (χ0n) is 23.1. The zero-order valence-corrected chi connectivity index (χ0v) is 23.1. The SMILES string of the molecule is CCCCN(CCC)C(=O)CN1CC(c2ccc3c(c2)CCO3)CC1CCC(C)=N/C=C(/C)C1CC1. The third-order valence-electron chi connectivity index (χ3n) is 8.23. The van der Waals surface area contributed by atoms with Gasteiger partial charge in [0.1, 0.15) is 5.75 Å². The highest BCUT2D eigenvalue weighted by molar-refractivity contribution is 5.82. The molecule has 2 unspecified atom stereocenters. The third-order valence-corrected chi connectivity index (χ3v) is 8.23. The fourth-order valence-corrected chi connectivity index (χ4v) is 5.73. The van der Waals surface area contributed by atoms with Gasteiger partial charge in [-0.15, -0.1) is 0 Å². The van der Waals surface area contributed by atoms with Gasteiger partial charge in [0.05, 0.1) is 13.2 Å². The molecular formula is C31H47N3O2. The summed E-state index contributed by atoms with van der Waals surface area (Å²) in [7, 11) is 0. The van der Waals surface area contributed by atoms with Crippen LogP contribution in [0.3, 0.4) is 0 Å². The minimum Gasteiger partial charge on any atom is -0.493 e. The number of allylic oxidation sites excluding steroid dienone is 1. The smallest absolute Gasteiger partial charge is 0.236 e. The molecule has 1 aromatic carbocycles. The van der Waals surface area contributed by atoms with Crippen LogP contribution < -0.4 is 4.74 Å². The first-order valence-electron chi connectivity index (χ1n) is 14.5. The molecule has 2 aliphatic heterocycles. The highest BCUT2D eigenvalue weighted by Crippen LogP contribution is 2.37. The van der Waals surface area contributed by atoms with Crippen molar-refractivity contribution in [2.45, 2.75) is 97.4 Å². The van der Waals surface area contributed by atoms with E-state index in [0.29, 0.717) is 24.4 Å². The molecule has 0 spiro atoms. The lowest BCUT2D eigenvalue weighted by atomic mass is 9.93. The highest BCUT2D eigenvalue weighted by atomic mass is 16.5. The molecule has 1 saturated carbocycles. The number of aliphatic imine (C=N–C) groups is 1. The molecular weight excluding hydrogens is 446 g/mol. The molecule has 2 atom stereocenters. The van der Waals surface area contributed by atoms with Crippen molar-refractivity contribution in [2.75, 3.05) is 32.8 Å². The molecule has 1 saturated heterocycles. The van der Waals surface area contributed by atoms with E-state index in [1.54, 1.807) is 0 Å². The second kappa shape index (κ2) is 12.9. The van der Waals surface area contributed by atoms with Crippen molar-refractivity contribution in [1.29, 1.82) is 0 Å². The fraction of sp³-hybridized carbons (Fsp3) is 0.677. The number of amides is 1. The van der Waals surface area contributed by atoms with Gasteiger partial charge in [0, 0.05) is 44.0 Å². The summed E-state index contributed by atoms with van der Waals surface area (Å²) >= 11 is 0. The van der Waals surface area contributed by atoms with Crippen LogP contribution in [-0.2, 0) is 11.2 Å². The summed E-state index contributed by atoms with van der Waals surface area (Å²) in [4.78, 5) is 22.7. The van der Waals surface area contributed by atoms with Crippen LogP contribution in [-0.4, -0.2) is 60.2 Å². The van der Waals surface area contributed by atoms with E-state index in [-0.39, 0.29) is 0 Å². The Hall–Kier alpha value is -2.14. The predicted octanol–water partition coefficient (Wildman–Crippen LogP) is 6.37. The van der Waals surface area contributed by atoms with Crippen molar-refractivity contribution in [3.63, 3.8) is 0 Å². The molecule has 0 aromatic heterocycles. The van der Waals surface area contributed by atoms with Gasteiger partial charge in [-0.3, -0.25) is 14.7 Å². The summed E-state index contributed by atoms with van der Waals surface area (Å²) in [6, 6.07) is 7.18. The maximum Gasteiger partial charge on any atom is 0.236 e. The van der Waals surface area contributed by atoms with Gasteiger partial charge in [-0.25, -0.2) is 0 Å². The lowest BCUT2D eigenvalue weighted by Crippen LogP contribution is -2.43. The highest BCUT2D eigenvalue weighted by Gasteiger charge is 2.35. The first-order chi connectivity index (χ1) is 17.5. The number of rotatable bonds is 13. The summed E-state index contributed by atoms with van der Waals surface area (Å²) in [5.74, 6) is 2.59. The largest absolute Gasteiger partial charge is 0.493 e. The van der Waals surface area contributed by atoms with Crippen molar-refractivity contribution in [2.24, 2.45) is 10.9 Å². The Morgan fingerprint density at radius 3 is 2.78 bits per heavy atom. The minimum atomic E-state index is 0.298. The monoisotopic (exact) mass is 493 g/mol. The van der Waals surface area contributed by atoms with Crippen LogP contribution in [0.15, 0.2) is 35.0 Å². The molecule has 5 heteroatoms. The Morgan fingerprint density at radius 2 is 2.03 bits per heavy atom. The third kappa shape index (κ3) is 7.21. The number of carbonyl (C=O) groups is 1. The number of likely N-dealkylation sites (tertiary alicyclic amines) is 1. The Bertz CT molecular complexity index is 949. The van der Waals surface area contributed by atoms with Crippen LogP contribution >= 0.6 is 0 Å². The maximum absolute atomic E-state index is 13.4. The van der Waals surface area contributed by atoms with Crippen LogP contribution in [0.5, 0.6) is 5.75 Å². The number of carbonyl (C=O) groups excluding carboxylic acids is 1. The van der Waals surface area contributed by atoms with Crippen LogP contribution in [0.4, 0.5) is 0 Å². The van der Waals surface area contributed by atoms with E-state index < -0.39 is 0 Å². The van der Waals surface area contributed by atoms with Crippen molar-refractivity contribution in [3.8, 4) is 5.75 Å². The van der Waals surface area contributed by atoms with E-state index >= 15 is 0 Å². The molecule has 36 heavy (non-hydrogen) atoms. The quantitative estimate of drug-likeness (QED) is 0.300. The van der Waals surface area contributed by atoms with Gasteiger partial charge in [0.15, 0.2) is 0 Å². The van der Waals surface area contributed by atoms with Crippen LogP contribution in [0.1, 0.15) is 96.1 Å². The standard InChI is InChI=1S/C31H47N3O2/c1-5-7-16-33(15-6-2)31(35)22-34-21-28(26-11-13-30-27(18-26)14-17-36-30)19-29(34)12-8-24(4)32-20-23(3)25-9-10-25/h11,13,18,20,25,28-29H,5-10,12,14-17,19,21-22H2,1-4H3/b23-20-,32-24?. The van der Waals surface area contributed by atoms with Gasteiger partial charge in [-0.05, 0) is 87.8 Å². The first-order valence-corrected chi connectivity index (χ1v) is 14.5.